The van der Waals surface area contributed by atoms with Gasteiger partial charge >= 0.3 is 0 Å². The van der Waals surface area contributed by atoms with Crippen molar-refractivity contribution in [2.45, 2.75) is 43.1 Å². The molecule has 1 heterocycles. The third-order valence-electron chi connectivity index (χ3n) is 4.29. The van der Waals surface area contributed by atoms with E-state index in [1.165, 1.54) is 12.5 Å². The van der Waals surface area contributed by atoms with Gasteiger partial charge in [0.2, 0.25) is 0 Å². The van der Waals surface area contributed by atoms with Crippen LogP contribution in [0.15, 0.2) is 36.8 Å². The summed E-state index contributed by atoms with van der Waals surface area (Å²) in [7, 11) is -3.11. The van der Waals surface area contributed by atoms with Crippen LogP contribution in [0.25, 0.3) is 0 Å². The number of benzene rings is 1. The standard InChI is InChI=1S/C17H20ClN3O2S/c18-16-10-19-12-20-17(16)21-14-6-4-5-13(9-14)11-24(22,23)15-7-2-1-3-8-15/h4-6,9-10,12,15H,1-3,7-8,11H2,(H,19,20,21). The fourth-order valence-corrected chi connectivity index (χ4v) is 5.14. The Labute approximate surface area is 147 Å². The Balaban J connectivity index is 1.74. The van der Waals surface area contributed by atoms with Gasteiger partial charge in [0.15, 0.2) is 15.7 Å². The molecule has 7 heteroatoms. The van der Waals surface area contributed by atoms with Crippen molar-refractivity contribution in [3.63, 3.8) is 0 Å². The minimum atomic E-state index is -3.11. The second-order valence-corrected chi connectivity index (χ2v) is 8.80. The molecule has 0 spiro atoms. The topological polar surface area (TPSA) is 72.0 Å². The fraction of sp³-hybridized carbons (Fsp3) is 0.412. The van der Waals surface area contributed by atoms with E-state index in [1.807, 2.05) is 24.3 Å². The highest BCUT2D eigenvalue weighted by Gasteiger charge is 2.27. The first-order chi connectivity index (χ1) is 11.5. The van der Waals surface area contributed by atoms with Crippen LogP contribution < -0.4 is 5.32 Å². The molecule has 0 amide bonds. The first kappa shape index (κ1) is 17.2. The number of aromatic nitrogens is 2. The van der Waals surface area contributed by atoms with Crippen LogP contribution in [-0.2, 0) is 15.6 Å². The van der Waals surface area contributed by atoms with Gasteiger partial charge in [-0.3, -0.25) is 0 Å². The van der Waals surface area contributed by atoms with Crippen molar-refractivity contribution < 1.29 is 8.42 Å². The van der Waals surface area contributed by atoms with E-state index >= 15 is 0 Å². The molecule has 0 aliphatic heterocycles. The Morgan fingerprint density at radius 1 is 1.21 bits per heavy atom. The molecule has 24 heavy (non-hydrogen) atoms. The molecular formula is C17H20ClN3O2S. The summed E-state index contributed by atoms with van der Waals surface area (Å²) in [6.45, 7) is 0. The Morgan fingerprint density at radius 2 is 2.00 bits per heavy atom. The second kappa shape index (κ2) is 7.49. The predicted octanol–water partition coefficient (Wildman–Crippen LogP) is 4.12. The number of hydrogen-bond acceptors (Lipinski definition) is 5. The average Bonchev–Trinajstić information content (AvgIpc) is 2.58. The Hall–Kier alpha value is -1.66. The number of nitrogens with zero attached hydrogens (tertiary/aromatic N) is 2. The zero-order chi connectivity index (χ0) is 17.0. The van der Waals surface area contributed by atoms with Crippen LogP contribution in [0.5, 0.6) is 0 Å². The molecule has 1 fully saturated rings. The van der Waals surface area contributed by atoms with Crippen molar-refractivity contribution in [3.05, 3.63) is 47.4 Å². The normalized spacial score (nSPS) is 16.0. The van der Waals surface area contributed by atoms with Crippen molar-refractivity contribution >= 4 is 32.9 Å². The zero-order valence-electron chi connectivity index (χ0n) is 13.3. The van der Waals surface area contributed by atoms with E-state index < -0.39 is 9.84 Å². The van der Waals surface area contributed by atoms with E-state index in [9.17, 15) is 8.42 Å². The summed E-state index contributed by atoms with van der Waals surface area (Å²) in [5, 5.41) is 3.32. The van der Waals surface area contributed by atoms with Crippen LogP contribution in [0.3, 0.4) is 0 Å². The maximum atomic E-state index is 12.6. The van der Waals surface area contributed by atoms with Crippen molar-refractivity contribution in [3.8, 4) is 0 Å². The smallest absolute Gasteiger partial charge is 0.157 e. The SMILES string of the molecule is O=S(=O)(Cc1cccc(Nc2ncncc2Cl)c1)C1CCCCC1. The highest BCUT2D eigenvalue weighted by atomic mass is 35.5. The van der Waals surface area contributed by atoms with Gasteiger partial charge in [-0.1, -0.05) is 43.0 Å². The summed E-state index contributed by atoms with van der Waals surface area (Å²) in [6.07, 6.45) is 7.66. The third-order valence-corrected chi connectivity index (χ3v) is 6.78. The Bertz CT molecular complexity index is 805. The van der Waals surface area contributed by atoms with Crippen LogP contribution in [0.4, 0.5) is 11.5 Å². The molecule has 1 saturated carbocycles. The lowest BCUT2D eigenvalue weighted by Crippen LogP contribution is -2.25. The summed E-state index contributed by atoms with van der Waals surface area (Å²) in [5.41, 5.74) is 1.53. The molecule has 5 nitrogen and oxygen atoms in total. The summed E-state index contributed by atoms with van der Waals surface area (Å²) in [6, 6.07) is 7.37. The fourth-order valence-electron chi connectivity index (χ4n) is 3.05. The van der Waals surface area contributed by atoms with Crippen LogP contribution in [0.1, 0.15) is 37.7 Å². The highest BCUT2D eigenvalue weighted by molar-refractivity contribution is 7.91. The molecule has 1 aliphatic carbocycles. The van der Waals surface area contributed by atoms with Gasteiger partial charge in [0.25, 0.3) is 0 Å². The van der Waals surface area contributed by atoms with Crippen molar-refractivity contribution in [2.24, 2.45) is 0 Å². The molecule has 0 radical (unpaired) electrons. The molecule has 1 N–H and O–H groups in total. The number of halogens is 1. The monoisotopic (exact) mass is 365 g/mol. The summed E-state index contributed by atoms with van der Waals surface area (Å²) < 4.78 is 25.2. The average molecular weight is 366 g/mol. The molecule has 0 bridgehead atoms. The van der Waals surface area contributed by atoms with Gasteiger partial charge in [-0.2, -0.15) is 0 Å². The van der Waals surface area contributed by atoms with Crippen molar-refractivity contribution in [1.82, 2.24) is 9.97 Å². The Morgan fingerprint density at radius 3 is 2.75 bits per heavy atom. The van der Waals surface area contributed by atoms with Crippen molar-refractivity contribution in [1.29, 1.82) is 0 Å². The molecule has 0 atom stereocenters. The quantitative estimate of drug-likeness (QED) is 0.862. The molecule has 1 aromatic heterocycles. The van der Waals surface area contributed by atoms with Crippen LogP contribution in [0, 0.1) is 0 Å². The number of nitrogens with one attached hydrogen (secondary N) is 1. The lowest BCUT2D eigenvalue weighted by atomic mass is 10.0. The summed E-state index contributed by atoms with van der Waals surface area (Å²) in [5.74, 6) is 0.573. The lowest BCUT2D eigenvalue weighted by molar-refractivity contribution is 0.483. The molecule has 3 rings (SSSR count). The maximum absolute atomic E-state index is 12.6. The summed E-state index contributed by atoms with van der Waals surface area (Å²) in [4.78, 5) is 7.92. The molecule has 2 aromatic rings. The molecule has 0 saturated heterocycles. The van der Waals surface area contributed by atoms with Gasteiger partial charge in [0.05, 0.1) is 17.2 Å². The number of sulfone groups is 1. The minimum absolute atomic E-state index is 0.0741. The van der Waals surface area contributed by atoms with Gasteiger partial charge < -0.3 is 5.32 Å². The largest absolute Gasteiger partial charge is 0.339 e. The number of hydrogen-bond donors (Lipinski definition) is 1. The molecule has 1 aliphatic rings. The van der Waals surface area contributed by atoms with Gasteiger partial charge in [-0.15, -0.1) is 0 Å². The summed E-state index contributed by atoms with van der Waals surface area (Å²) >= 11 is 6.04. The molecule has 0 unspecified atom stereocenters. The predicted molar refractivity (Wildman–Crippen MR) is 96.3 cm³/mol. The Kier molecular flexibility index (Phi) is 5.36. The molecular weight excluding hydrogens is 346 g/mol. The van der Waals surface area contributed by atoms with E-state index in [4.69, 9.17) is 11.6 Å². The first-order valence-electron chi connectivity index (χ1n) is 8.07. The van der Waals surface area contributed by atoms with E-state index in [2.05, 4.69) is 15.3 Å². The number of anilines is 2. The number of rotatable bonds is 5. The first-order valence-corrected chi connectivity index (χ1v) is 10.2. The van der Waals surface area contributed by atoms with Crippen LogP contribution >= 0.6 is 11.6 Å². The molecule has 128 valence electrons. The second-order valence-electron chi connectivity index (χ2n) is 6.11. The van der Waals surface area contributed by atoms with E-state index in [0.717, 1.165) is 43.4 Å². The van der Waals surface area contributed by atoms with Crippen LogP contribution in [-0.4, -0.2) is 23.6 Å². The zero-order valence-corrected chi connectivity index (χ0v) is 14.9. The third kappa shape index (κ3) is 4.24. The van der Waals surface area contributed by atoms with Gasteiger partial charge in [0.1, 0.15) is 11.3 Å². The molecule has 1 aromatic carbocycles. The van der Waals surface area contributed by atoms with E-state index in [1.54, 1.807) is 0 Å². The van der Waals surface area contributed by atoms with Gasteiger partial charge in [0, 0.05) is 5.69 Å². The maximum Gasteiger partial charge on any atom is 0.157 e. The lowest BCUT2D eigenvalue weighted by Gasteiger charge is -2.21. The van der Waals surface area contributed by atoms with E-state index in [0.29, 0.717) is 10.8 Å². The van der Waals surface area contributed by atoms with Crippen LogP contribution in [0.2, 0.25) is 5.02 Å². The highest BCUT2D eigenvalue weighted by Crippen LogP contribution is 2.27. The van der Waals surface area contributed by atoms with Gasteiger partial charge in [-0.25, -0.2) is 18.4 Å². The minimum Gasteiger partial charge on any atom is -0.339 e. The van der Waals surface area contributed by atoms with Gasteiger partial charge in [-0.05, 0) is 30.5 Å². The van der Waals surface area contributed by atoms with E-state index in [-0.39, 0.29) is 11.0 Å². The van der Waals surface area contributed by atoms with Crippen molar-refractivity contribution in [2.75, 3.05) is 5.32 Å².